The first-order chi connectivity index (χ1) is 14.6. The summed E-state index contributed by atoms with van der Waals surface area (Å²) in [5, 5.41) is 0. The number of ketones is 1. The van der Waals surface area contributed by atoms with Gasteiger partial charge in [0.05, 0.1) is 7.11 Å². The highest BCUT2D eigenvalue weighted by atomic mass is 16.5. The van der Waals surface area contributed by atoms with Gasteiger partial charge in [0.25, 0.3) is 0 Å². The van der Waals surface area contributed by atoms with E-state index in [1.807, 2.05) is 30.3 Å². The highest BCUT2D eigenvalue weighted by molar-refractivity contribution is 6.08. The second-order valence-corrected chi connectivity index (χ2v) is 8.67. The first-order valence-corrected chi connectivity index (χ1v) is 12.2. The van der Waals surface area contributed by atoms with E-state index in [1.165, 1.54) is 91.1 Å². The number of carbonyl (C=O) groups is 2. The number of ether oxygens (including phenoxy) is 1. The van der Waals surface area contributed by atoms with E-state index in [2.05, 4.69) is 6.92 Å². The van der Waals surface area contributed by atoms with Crippen molar-refractivity contribution in [3.05, 3.63) is 35.9 Å². The molecule has 1 rings (SSSR count). The zero-order chi connectivity index (χ0) is 22.1. The second kappa shape index (κ2) is 16.1. The van der Waals surface area contributed by atoms with Crippen LogP contribution >= 0.6 is 0 Å². The predicted octanol–water partition coefficient (Wildman–Crippen LogP) is 7.56. The molecular weight excluding hydrogens is 372 g/mol. The molecule has 0 saturated heterocycles. The molecule has 0 radical (unpaired) electrons. The van der Waals surface area contributed by atoms with Crippen LogP contribution in [0.4, 0.5) is 0 Å². The van der Waals surface area contributed by atoms with Crippen molar-refractivity contribution in [2.24, 2.45) is 0 Å². The fourth-order valence-corrected chi connectivity index (χ4v) is 4.37. The largest absolute Gasteiger partial charge is 0.468 e. The Morgan fingerprint density at radius 2 is 1.17 bits per heavy atom. The van der Waals surface area contributed by atoms with Gasteiger partial charge in [-0.05, 0) is 18.9 Å². The van der Waals surface area contributed by atoms with Crippen LogP contribution in [-0.2, 0) is 19.7 Å². The Balaban J connectivity index is 2.26. The van der Waals surface area contributed by atoms with E-state index < -0.39 is 11.4 Å². The average molecular weight is 417 g/mol. The van der Waals surface area contributed by atoms with Crippen LogP contribution in [0.15, 0.2) is 30.3 Å². The Labute approximate surface area is 185 Å². The van der Waals surface area contributed by atoms with Gasteiger partial charge < -0.3 is 4.74 Å². The van der Waals surface area contributed by atoms with Crippen molar-refractivity contribution >= 4 is 11.8 Å². The van der Waals surface area contributed by atoms with Crippen molar-refractivity contribution in [3.63, 3.8) is 0 Å². The summed E-state index contributed by atoms with van der Waals surface area (Å²) in [5.74, 6) is -0.564. The van der Waals surface area contributed by atoms with Gasteiger partial charge in [-0.25, -0.2) is 0 Å². The van der Waals surface area contributed by atoms with Crippen molar-refractivity contribution in [1.82, 2.24) is 0 Å². The molecule has 1 aromatic rings. The average Bonchev–Trinajstić information content (AvgIpc) is 2.76. The molecule has 0 fully saturated rings. The number of hydrogen-bond donors (Lipinski definition) is 0. The van der Waals surface area contributed by atoms with Crippen LogP contribution in [0, 0.1) is 0 Å². The molecule has 0 aromatic heterocycles. The number of carbonyl (C=O) groups excluding carboxylic acids is 2. The molecule has 0 heterocycles. The molecule has 0 aliphatic heterocycles. The number of esters is 1. The van der Waals surface area contributed by atoms with Gasteiger partial charge in [-0.3, -0.25) is 9.59 Å². The van der Waals surface area contributed by atoms with Crippen molar-refractivity contribution in [2.45, 2.75) is 116 Å². The smallest absolute Gasteiger partial charge is 0.323 e. The number of rotatable bonds is 18. The minimum Gasteiger partial charge on any atom is -0.468 e. The van der Waals surface area contributed by atoms with Crippen LogP contribution in [0.1, 0.15) is 116 Å². The third kappa shape index (κ3) is 9.02. The topological polar surface area (TPSA) is 43.4 Å². The minimum atomic E-state index is -1.16. The monoisotopic (exact) mass is 416 g/mol. The molecule has 3 nitrogen and oxygen atoms in total. The molecule has 0 bridgehead atoms. The standard InChI is InChI=1S/C27H44O3/c1-4-5-6-7-8-9-10-11-12-13-14-15-16-20-23-27(24(2)28,26(29)30-3)25-21-18-17-19-22-25/h17-19,21-22H,4-16,20,23H2,1-3H3. The molecule has 0 amide bonds. The molecule has 0 N–H and O–H groups in total. The quantitative estimate of drug-likeness (QED) is 0.141. The Morgan fingerprint density at radius 3 is 1.57 bits per heavy atom. The van der Waals surface area contributed by atoms with E-state index >= 15 is 0 Å². The van der Waals surface area contributed by atoms with Gasteiger partial charge in [-0.1, -0.05) is 127 Å². The van der Waals surface area contributed by atoms with Gasteiger partial charge in [0.1, 0.15) is 0 Å². The summed E-state index contributed by atoms with van der Waals surface area (Å²) < 4.78 is 5.04. The first kappa shape index (κ1) is 26.4. The number of Topliss-reactive ketones (excluding diaryl/α,β-unsaturated/α-hetero) is 1. The summed E-state index contributed by atoms with van der Waals surface area (Å²) in [6.07, 6.45) is 18.5. The zero-order valence-corrected chi connectivity index (χ0v) is 19.7. The maximum atomic E-state index is 12.6. The lowest BCUT2D eigenvalue weighted by molar-refractivity contribution is -0.152. The SMILES string of the molecule is CCCCCCCCCCCCCCCCC(C(C)=O)(C(=O)OC)c1ccccc1. The van der Waals surface area contributed by atoms with Crippen LogP contribution in [0.25, 0.3) is 0 Å². The molecule has 0 spiro atoms. The van der Waals surface area contributed by atoms with Gasteiger partial charge in [-0.2, -0.15) is 0 Å². The number of unbranched alkanes of at least 4 members (excludes halogenated alkanes) is 13. The fraction of sp³-hybridized carbons (Fsp3) is 0.704. The lowest BCUT2D eigenvalue weighted by Crippen LogP contribution is -2.43. The van der Waals surface area contributed by atoms with Crippen LogP contribution in [0.5, 0.6) is 0 Å². The molecule has 1 aromatic carbocycles. The van der Waals surface area contributed by atoms with E-state index in [9.17, 15) is 9.59 Å². The first-order valence-electron chi connectivity index (χ1n) is 12.2. The summed E-state index contributed by atoms with van der Waals surface area (Å²) in [5.41, 5.74) is -0.410. The fourth-order valence-electron chi connectivity index (χ4n) is 4.37. The van der Waals surface area contributed by atoms with E-state index in [0.717, 1.165) is 18.4 Å². The highest BCUT2D eigenvalue weighted by Crippen LogP contribution is 2.33. The highest BCUT2D eigenvalue weighted by Gasteiger charge is 2.45. The summed E-state index contributed by atoms with van der Waals surface area (Å²) in [4.78, 5) is 25.1. The lowest BCUT2D eigenvalue weighted by Gasteiger charge is -2.29. The molecule has 0 saturated carbocycles. The van der Waals surface area contributed by atoms with Gasteiger partial charge in [0, 0.05) is 0 Å². The normalized spacial score (nSPS) is 13.0. The Morgan fingerprint density at radius 1 is 0.733 bits per heavy atom. The Bertz CT molecular complexity index is 581. The van der Waals surface area contributed by atoms with Gasteiger partial charge >= 0.3 is 5.97 Å². The number of hydrogen-bond acceptors (Lipinski definition) is 3. The van der Waals surface area contributed by atoms with Crippen molar-refractivity contribution < 1.29 is 14.3 Å². The number of methoxy groups -OCH3 is 1. The van der Waals surface area contributed by atoms with Crippen LogP contribution in [-0.4, -0.2) is 18.9 Å². The zero-order valence-electron chi connectivity index (χ0n) is 19.7. The molecule has 170 valence electrons. The van der Waals surface area contributed by atoms with Gasteiger partial charge in [-0.15, -0.1) is 0 Å². The molecular formula is C27H44O3. The molecule has 1 unspecified atom stereocenters. The maximum absolute atomic E-state index is 12.6. The Hall–Kier alpha value is -1.64. The van der Waals surface area contributed by atoms with E-state index in [-0.39, 0.29) is 5.78 Å². The van der Waals surface area contributed by atoms with Crippen LogP contribution < -0.4 is 0 Å². The summed E-state index contributed by atoms with van der Waals surface area (Å²) >= 11 is 0. The lowest BCUT2D eigenvalue weighted by atomic mass is 9.73. The van der Waals surface area contributed by atoms with Crippen molar-refractivity contribution in [2.75, 3.05) is 7.11 Å². The third-order valence-electron chi connectivity index (χ3n) is 6.31. The molecule has 0 aliphatic rings. The third-order valence-corrected chi connectivity index (χ3v) is 6.31. The van der Waals surface area contributed by atoms with Gasteiger partial charge in [0.15, 0.2) is 11.2 Å². The van der Waals surface area contributed by atoms with Gasteiger partial charge in [0.2, 0.25) is 0 Å². The van der Waals surface area contributed by atoms with Crippen LogP contribution in [0.3, 0.4) is 0 Å². The number of benzene rings is 1. The van der Waals surface area contributed by atoms with Crippen molar-refractivity contribution in [3.8, 4) is 0 Å². The minimum absolute atomic E-state index is 0.129. The predicted molar refractivity (Wildman–Crippen MR) is 126 cm³/mol. The summed E-state index contributed by atoms with van der Waals surface area (Å²) in [6.45, 7) is 3.77. The molecule has 1 atom stereocenters. The molecule has 30 heavy (non-hydrogen) atoms. The van der Waals surface area contributed by atoms with E-state index in [4.69, 9.17) is 4.74 Å². The maximum Gasteiger partial charge on any atom is 0.323 e. The van der Waals surface area contributed by atoms with E-state index in [1.54, 1.807) is 0 Å². The van der Waals surface area contributed by atoms with Crippen molar-refractivity contribution in [1.29, 1.82) is 0 Å². The molecule has 3 heteroatoms. The van der Waals surface area contributed by atoms with E-state index in [0.29, 0.717) is 6.42 Å². The summed E-state index contributed by atoms with van der Waals surface area (Å²) in [6, 6.07) is 9.38. The van der Waals surface area contributed by atoms with Crippen LogP contribution in [0.2, 0.25) is 0 Å². The second-order valence-electron chi connectivity index (χ2n) is 8.67. The Kier molecular flexibility index (Phi) is 14.2. The molecule has 0 aliphatic carbocycles. The summed E-state index contributed by atoms with van der Waals surface area (Å²) in [7, 11) is 1.37.